The zero-order chi connectivity index (χ0) is 52.6. The number of phosphoric acid groups is 1. The first kappa shape index (κ1) is 70.2. The van der Waals surface area contributed by atoms with Crippen LogP contribution in [0.25, 0.3) is 0 Å². The van der Waals surface area contributed by atoms with E-state index in [0.717, 1.165) is 64.2 Å². The zero-order valence-corrected chi connectivity index (χ0v) is 49.1. The first-order valence-electron chi connectivity index (χ1n) is 30.5. The molecule has 1 N–H and O–H groups in total. The second kappa shape index (κ2) is 55.4. The molecule has 0 aromatic rings. The van der Waals surface area contributed by atoms with Crippen molar-refractivity contribution in [1.82, 2.24) is 0 Å². The van der Waals surface area contributed by atoms with Gasteiger partial charge in [0.2, 0.25) is 0 Å². The van der Waals surface area contributed by atoms with E-state index in [4.69, 9.17) is 18.5 Å². The molecule has 0 heterocycles. The van der Waals surface area contributed by atoms with Crippen molar-refractivity contribution in [2.45, 2.75) is 283 Å². The van der Waals surface area contributed by atoms with Gasteiger partial charge in [-0.2, -0.15) is 0 Å². The minimum Gasteiger partial charge on any atom is -0.457 e. The van der Waals surface area contributed by atoms with E-state index in [-0.39, 0.29) is 25.8 Å². The Labute approximate surface area is 447 Å². The van der Waals surface area contributed by atoms with Crippen LogP contribution >= 0.6 is 7.82 Å². The van der Waals surface area contributed by atoms with Gasteiger partial charge < -0.3 is 18.9 Å². The van der Waals surface area contributed by atoms with Crippen LogP contribution in [-0.4, -0.2) is 75.6 Å². The molecule has 72 heavy (non-hydrogen) atoms. The number of carbonyl (C=O) groups is 1. The molecule has 0 aliphatic rings. The quantitative estimate of drug-likeness (QED) is 0.0213. The zero-order valence-electron chi connectivity index (χ0n) is 48.2. The lowest BCUT2D eigenvalue weighted by Crippen LogP contribution is -2.37. The Kier molecular flexibility index (Phi) is 54.0. The van der Waals surface area contributed by atoms with Crippen LogP contribution in [0.2, 0.25) is 0 Å². The molecule has 0 saturated carbocycles. The summed E-state index contributed by atoms with van der Waals surface area (Å²) in [5.41, 5.74) is 0. The summed E-state index contributed by atoms with van der Waals surface area (Å²) in [5.74, 6) is -0.310. The fraction of sp³-hybridized carbons (Fsp3) is 0.825. The third kappa shape index (κ3) is 59.1. The van der Waals surface area contributed by atoms with Crippen molar-refractivity contribution >= 4 is 13.8 Å². The highest BCUT2D eigenvalue weighted by Gasteiger charge is 2.26. The molecular formula is C63H119NO7P+. The number of likely N-dealkylation sites (N-methyl/N-ethyl adjacent to an activating group) is 1. The second-order valence-electron chi connectivity index (χ2n) is 21.7. The molecule has 0 saturated heterocycles. The van der Waals surface area contributed by atoms with Gasteiger partial charge in [-0.25, -0.2) is 4.57 Å². The fourth-order valence-electron chi connectivity index (χ4n) is 8.70. The van der Waals surface area contributed by atoms with Crippen LogP contribution < -0.4 is 0 Å². The van der Waals surface area contributed by atoms with Crippen molar-refractivity contribution in [3.63, 3.8) is 0 Å². The lowest BCUT2D eigenvalue weighted by molar-refractivity contribution is -0.870. The van der Waals surface area contributed by atoms with Crippen molar-refractivity contribution in [2.24, 2.45) is 0 Å². The maximum absolute atomic E-state index is 12.8. The maximum Gasteiger partial charge on any atom is 0.472 e. The highest BCUT2D eigenvalue weighted by molar-refractivity contribution is 7.47. The SMILES string of the molecule is CC/C=C\C/C=C\C/C=C\C/C=C\C/C=C\CCCCCCCCCCCCOCC(COP(=O)(O)OCC[N+](C)(C)C)OC(=O)CCCCCCCCCCCCCCCCCCCCCCCCCC. The van der Waals surface area contributed by atoms with Gasteiger partial charge >= 0.3 is 13.8 Å². The number of esters is 1. The molecule has 8 nitrogen and oxygen atoms in total. The van der Waals surface area contributed by atoms with Gasteiger partial charge in [0.15, 0.2) is 0 Å². The second-order valence-corrected chi connectivity index (χ2v) is 23.2. The summed E-state index contributed by atoms with van der Waals surface area (Å²) < 4.78 is 35.3. The van der Waals surface area contributed by atoms with E-state index in [1.54, 1.807) is 0 Å². The number of allylic oxidation sites excluding steroid dienone is 10. The highest BCUT2D eigenvalue weighted by Crippen LogP contribution is 2.43. The Morgan fingerprint density at radius 1 is 0.444 bits per heavy atom. The molecule has 0 rings (SSSR count). The van der Waals surface area contributed by atoms with Crippen molar-refractivity contribution in [3.8, 4) is 0 Å². The molecule has 0 aromatic heterocycles. The van der Waals surface area contributed by atoms with Crippen molar-refractivity contribution in [2.75, 3.05) is 54.1 Å². The average Bonchev–Trinajstić information content (AvgIpc) is 3.34. The third-order valence-electron chi connectivity index (χ3n) is 13.3. The summed E-state index contributed by atoms with van der Waals surface area (Å²) >= 11 is 0. The third-order valence-corrected chi connectivity index (χ3v) is 14.3. The van der Waals surface area contributed by atoms with Gasteiger partial charge in [0, 0.05) is 13.0 Å². The molecule has 0 spiro atoms. The Morgan fingerprint density at radius 3 is 1.21 bits per heavy atom. The van der Waals surface area contributed by atoms with Gasteiger partial charge in [-0.1, -0.05) is 274 Å². The van der Waals surface area contributed by atoms with Crippen LogP contribution in [0, 0.1) is 0 Å². The van der Waals surface area contributed by atoms with Gasteiger partial charge in [0.1, 0.15) is 19.3 Å². The number of quaternary nitrogens is 1. The molecule has 0 bridgehead atoms. The van der Waals surface area contributed by atoms with E-state index in [2.05, 4.69) is 74.6 Å². The Hall–Kier alpha value is -1.80. The molecule has 2 unspecified atom stereocenters. The summed E-state index contributed by atoms with van der Waals surface area (Å²) in [7, 11) is 1.67. The average molecular weight is 1030 g/mol. The molecule has 9 heteroatoms. The van der Waals surface area contributed by atoms with E-state index in [0.29, 0.717) is 24.1 Å². The molecule has 0 radical (unpaired) electrons. The number of hydrogen-bond donors (Lipinski definition) is 1. The number of nitrogens with zero attached hydrogens (tertiary/aromatic N) is 1. The van der Waals surface area contributed by atoms with Crippen LogP contribution in [0.4, 0.5) is 0 Å². The number of rotatable bonds is 57. The molecule has 0 aliphatic carbocycles. The van der Waals surface area contributed by atoms with Crippen molar-refractivity contribution in [3.05, 3.63) is 60.8 Å². The summed E-state index contributed by atoms with van der Waals surface area (Å²) in [6.45, 7) is 5.55. The first-order valence-corrected chi connectivity index (χ1v) is 32.0. The monoisotopic (exact) mass is 1030 g/mol. The summed E-state index contributed by atoms with van der Waals surface area (Å²) in [4.78, 5) is 23.1. The summed E-state index contributed by atoms with van der Waals surface area (Å²) in [5, 5.41) is 0. The number of phosphoric ester groups is 1. The van der Waals surface area contributed by atoms with Gasteiger partial charge in [0.25, 0.3) is 0 Å². The molecule has 0 aromatic carbocycles. The molecule has 0 fully saturated rings. The smallest absolute Gasteiger partial charge is 0.457 e. The van der Waals surface area contributed by atoms with Gasteiger partial charge in [0.05, 0.1) is 34.4 Å². The van der Waals surface area contributed by atoms with Crippen LogP contribution in [0.3, 0.4) is 0 Å². The van der Waals surface area contributed by atoms with Crippen LogP contribution in [0.5, 0.6) is 0 Å². The largest absolute Gasteiger partial charge is 0.472 e. The maximum atomic E-state index is 12.8. The van der Waals surface area contributed by atoms with Crippen LogP contribution in [-0.2, 0) is 27.9 Å². The number of ether oxygens (including phenoxy) is 2. The highest BCUT2D eigenvalue weighted by atomic mass is 31.2. The van der Waals surface area contributed by atoms with Crippen LogP contribution in [0.15, 0.2) is 60.8 Å². The first-order chi connectivity index (χ1) is 35.1. The van der Waals surface area contributed by atoms with E-state index >= 15 is 0 Å². The minimum atomic E-state index is -4.29. The van der Waals surface area contributed by atoms with E-state index in [9.17, 15) is 14.3 Å². The van der Waals surface area contributed by atoms with Crippen LogP contribution in [0.1, 0.15) is 277 Å². The number of unbranched alkanes of at least 4 members (excludes halogenated alkanes) is 33. The van der Waals surface area contributed by atoms with Gasteiger partial charge in [-0.3, -0.25) is 13.8 Å². The number of carbonyl (C=O) groups excluding carboxylic acids is 1. The van der Waals surface area contributed by atoms with E-state index < -0.39 is 13.9 Å². The predicted octanol–water partition coefficient (Wildman–Crippen LogP) is 19.6. The molecule has 0 amide bonds. The van der Waals surface area contributed by atoms with Gasteiger partial charge in [-0.15, -0.1) is 0 Å². The summed E-state index contributed by atoms with van der Waals surface area (Å²) in [6, 6.07) is 0. The fourth-order valence-corrected chi connectivity index (χ4v) is 9.44. The minimum absolute atomic E-state index is 0.0875. The Morgan fingerprint density at radius 2 is 0.806 bits per heavy atom. The van der Waals surface area contributed by atoms with E-state index in [1.165, 1.54) is 193 Å². The summed E-state index contributed by atoms with van der Waals surface area (Å²) in [6.07, 6.45) is 72.9. The Balaban J connectivity index is 4.04. The molecule has 0 aliphatic heterocycles. The predicted molar refractivity (Wildman–Crippen MR) is 312 cm³/mol. The van der Waals surface area contributed by atoms with E-state index in [1.807, 2.05) is 21.1 Å². The Bertz CT molecular complexity index is 1340. The van der Waals surface area contributed by atoms with Gasteiger partial charge in [-0.05, 0) is 57.8 Å². The topological polar surface area (TPSA) is 91.3 Å². The molecule has 422 valence electrons. The normalized spacial score (nSPS) is 13.8. The molecular weight excluding hydrogens is 914 g/mol. The van der Waals surface area contributed by atoms with Crippen molar-refractivity contribution < 1.29 is 37.3 Å². The lowest BCUT2D eigenvalue weighted by atomic mass is 10.0. The number of hydrogen-bond acceptors (Lipinski definition) is 6. The lowest BCUT2D eigenvalue weighted by Gasteiger charge is -2.24. The molecule has 2 atom stereocenters. The standard InChI is InChI=1S/C63H118NO7P/c1-6-8-10-12-14-16-18-20-22-24-26-28-30-32-33-35-37-39-41-43-45-47-49-51-53-55-58-68-60-62(61-70-72(66,67)69-59-57-64(3,4)5)71-63(65)56-54-52-50-48-46-44-42-40-38-36-34-31-29-27-25-23-21-19-17-15-13-11-9-7-2/h8,10,14,16,20,22,26,28,32-33,62H,6-7,9,11-13,15,17-19,21,23-25,27,29-31,34-61H2,1-5H3/p+1/b10-8-,16-14-,22-20-,28-26-,33-32-. The van der Waals surface area contributed by atoms with Crippen molar-refractivity contribution in [1.29, 1.82) is 0 Å².